The minimum atomic E-state index is -0.522. The van der Waals surface area contributed by atoms with E-state index in [0.717, 1.165) is 10.6 Å². The van der Waals surface area contributed by atoms with Crippen LogP contribution < -0.4 is 10.6 Å². The van der Waals surface area contributed by atoms with Crippen LogP contribution in [0.5, 0.6) is 0 Å². The van der Waals surface area contributed by atoms with Crippen molar-refractivity contribution >= 4 is 41.0 Å². The molecule has 2 heterocycles. The first-order valence-corrected chi connectivity index (χ1v) is 10.1. The van der Waals surface area contributed by atoms with Gasteiger partial charge in [-0.2, -0.15) is 0 Å². The number of piperidine rings is 1. The number of hydrogen-bond acceptors (Lipinski definition) is 5. The summed E-state index contributed by atoms with van der Waals surface area (Å²) in [4.78, 5) is 38.8. The molecule has 0 atom stereocenters. The number of anilines is 2. The quantitative estimate of drug-likeness (QED) is 0.807. The van der Waals surface area contributed by atoms with E-state index in [1.54, 1.807) is 11.0 Å². The van der Waals surface area contributed by atoms with E-state index in [2.05, 4.69) is 10.6 Å². The SMILES string of the molecule is CC(C)(C)OC(=O)N1CCC(C(=O)Nc2ccc3c(c2)NC(=O)CS3)CC1. The molecule has 27 heavy (non-hydrogen) atoms. The second-order valence-electron chi connectivity index (χ2n) is 7.78. The Labute approximate surface area is 163 Å². The van der Waals surface area contributed by atoms with Crippen molar-refractivity contribution in [3.63, 3.8) is 0 Å². The van der Waals surface area contributed by atoms with Crippen molar-refractivity contribution < 1.29 is 19.1 Å². The highest BCUT2D eigenvalue weighted by Crippen LogP contribution is 2.33. The number of benzene rings is 1. The summed E-state index contributed by atoms with van der Waals surface area (Å²) < 4.78 is 5.38. The number of amides is 3. The van der Waals surface area contributed by atoms with Gasteiger partial charge in [0.25, 0.3) is 0 Å². The average molecular weight is 391 g/mol. The van der Waals surface area contributed by atoms with Gasteiger partial charge in [-0.25, -0.2) is 4.79 Å². The zero-order chi connectivity index (χ0) is 19.6. The summed E-state index contributed by atoms with van der Waals surface area (Å²) in [5.74, 6) is 0.164. The molecule has 8 heteroatoms. The van der Waals surface area contributed by atoms with Crippen LogP contribution in [0.15, 0.2) is 23.1 Å². The van der Waals surface area contributed by atoms with Crippen LogP contribution in [0.4, 0.5) is 16.2 Å². The maximum absolute atomic E-state index is 12.6. The number of carbonyl (C=O) groups excluding carboxylic acids is 3. The third kappa shape index (κ3) is 5.15. The van der Waals surface area contributed by atoms with Crippen LogP contribution in [0.3, 0.4) is 0 Å². The molecular weight excluding hydrogens is 366 g/mol. The van der Waals surface area contributed by atoms with Gasteiger partial charge in [0, 0.05) is 29.6 Å². The molecule has 0 unspecified atom stereocenters. The second kappa shape index (κ2) is 7.80. The van der Waals surface area contributed by atoms with Gasteiger partial charge in [0.1, 0.15) is 5.60 Å². The molecule has 2 N–H and O–H groups in total. The van der Waals surface area contributed by atoms with E-state index in [1.165, 1.54) is 11.8 Å². The van der Waals surface area contributed by atoms with Gasteiger partial charge in [-0.3, -0.25) is 9.59 Å². The van der Waals surface area contributed by atoms with Gasteiger partial charge in [-0.1, -0.05) is 0 Å². The highest BCUT2D eigenvalue weighted by Gasteiger charge is 2.30. The largest absolute Gasteiger partial charge is 0.444 e. The van der Waals surface area contributed by atoms with Crippen molar-refractivity contribution in [3.8, 4) is 0 Å². The molecular formula is C19H25N3O4S. The molecule has 3 rings (SSSR count). The van der Waals surface area contributed by atoms with Crippen molar-refractivity contribution in [3.05, 3.63) is 18.2 Å². The van der Waals surface area contributed by atoms with Crippen LogP contribution in [0.1, 0.15) is 33.6 Å². The van der Waals surface area contributed by atoms with Gasteiger partial charge in [0.05, 0.1) is 11.4 Å². The Morgan fingerprint density at radius 2 is 1.96 bits per heavy atom. The van der Waals surface area contributed by atoms with Crippen LogP contribution in [0.2, 0.25) is 0 Å². The summed E-state index contributed by atoms with van der Waals surface area (Å²) in [5, 5.41) is 5.75. The van der Waals surface area contributed by atoms with E-state index in [1.807, 2.05) is 32.9 Å². The summed E-state index contributed by atoms with van der Waals surface area (Å²) in [6, 6.07) is 5.53. The van der Waals surface area contributed by atoms with Gasteiger partial charge in [0.2, 0.25) is 11.8 Å². The number of thioether (sulfide) groups is 1. The lowest BCUT2D eigenvalue weighted by Gasteiger charge is -2.33. The summed E-state index contributed by atoms with van der Waals surface area (Å²) in [6.07, 6.45) is 0.870. The van der Waals surface area contributed by atoms with Crippen LogP contribution in [0.25, 0.3) is 0 Å². The smallest absolute Gasteiger partial charge is 0.410 e. The van der Waals surface area contributed by atoms with Crippen LogP contribution in [-0.4, -0.2) is 47.3 Å². The number of carbonyl (C=O) groups is 3. The topological polar surface area (TPSA) is 87.7 Å². The first-order chi connectivity index (χ1) is 12.7. The number of nitrogens with one attached hydrogen (secondary N) is 2. The highest BCUT2D eigenvalue weighted by atomic mass is 32.2. The number of rotatable bonds is 2. The Hall–Kier alpha value is -2.22. The van der Waals surface area contributed by atoms with Crippen molar-refractivity contribution in [2.24, 2.45) is 5.92 Å². The second-order valence-corrected chi connectivity index (χ2v) is 8.80. The Balaban J connectivity index is 1.53. The molecule has 0 radical (unpaired) electrons. The number of ether oxygens (including phenoxy) is 1. The lowest BCUT2D eigenvalue weighted by atomic mass is 9.96. The molecule has 1 aromatic rings. The number of nitrogens with zero attached hydrogens (tertiary/aromatic N) is 1. The minimum Gasteiger partial charge on any atom is -0.444 e. The standard InChI is InChI=1S/C19H25N3O4S/c1-19(2,3)26-18(25)22-8-6-12(7-9-22)17(24)20-13-4-5-15-14(10-13)21-16(23)11-27-15/h4-5,10,12H,6-9,11H2,1-3H3,(H,20,24)(H,21,23). The molecule has 0 spiro atoms. The van der Waals surface area contributed by atoms with Crippen molar-refractivity contribution in [1.82, 2.24) is 4.90 Å². The first-order valence-electron chi connectivity index (χ1n) is 9.07. The average Bonchev–Trinajstić information content (AvgIpc) is 2.60. The van der Waals surface area contributed by atoms with Crippen LogP contribution >= 0.6 is 11.8 Å². The molecule has 0 saturated carbocycles. The van der Waals surface area contributed by atoms with Crippen molar-refractivity contribution in [2.75, 3.05) is 29.5 Å². The molecule has 7 nitrogen and oxygen atoms in total. The maximum atomic E-state index is 12.6. The molecule has 1 saturated heterocycles. The van der Waals surface area contributed by atoms with Gasteiger partial charge < -0.3 is 20.3 Å². The van der Waals surface area contributed by atoms with E-state index in [0.29, 0.717) is 37.4 Å². The molecule has 0 bridgehead atoms. The first kappa shape index (κ1) is 19.5. The number of likely N-dealkylation sites (tertiary alicyclic amines) is 1. The van der Waals surface area contributed by atoms with Gasteiger partial charge >= 0.3 is 6.09 Å². The molecule has 146 valence electrons. The number of fused-ring (bicyclic) bond motifs is 1. The van der Waals surface area contributed by atoms with E-state index in [9.17, 15) is 14.4 Å². The predicted molar refractivity (Wildman–Crippen MR) is 105 cm³/mol. The third-order valence-corrected chi connectivity index (χ3v) is 5.47. The Morgan fingerprint density at radius 3 is 2.63 bits per heavy atom. The molecule has 0 aromatic heterocycles. The molecule has 1 aromatic carbocycles. The summed E-state index contributed by atoms with van der Waals surface area (Å²) in [5.41, 5.74) is 0.871. The summed E-state index contributed by atoms with van der Waals surface area (Å²) in [6.45, 7) is 6.52. The van der Waals surface area contributed by atoms with E-state index < -0.39 is 5.60 Å². The zero-order valence-corrected chi connectivity index (χ0v) is 16.6. The van der Waals surface area contributed by atoms with Gasteiger partial charge in [0.15, 0.2) is 0 Å². The maximum Gasteiger partial charge on any atom is 0.410 e. The van der Waals surface area contributed by atoms with Gasteiger partial charge in [-0.15, -0.1) is 11.8 Å². The third-order valence-electron chi connectivity index (χ3n) is 4.40. The normalized spacial score (nSPS) is 17.7. The minimum absolute atomic E-state index is 0.0366. The highest BCUT2D eigenvalue weighted by molar-refractivity contribution is 8.00. The summed E-state index contributed by atoms with van der Waals surface area (Å²) in [7, 11) is 0. The van der Waals surface area contributed by atoms with Crippen LogP contribution in [-0.2, 0) is 14.3 Å². The zero-order valence-electron chi connectivity index (χ0n) is 15.8. The molecule has 1 fully saturated rings. The van der Waals surface area contributed by atoms with Gasteiger partial charge in [-0.05, 0) is 51.8 Å². The fourth-order valence-corrected chi connectivity index (χ4v) is 3.84. The van der Waals surface area contributed by atoms with E-state index in [4.69, 9.17) is 4.74 Å². The lowest BCUT2D eigenvalue weighted by molar-refractivity contribution is -0.121. The molecule has 2 aliphatic heterocycles. The lowest BCUT2D eigenvalue weighted by Crippen LogP contribution is -2.43. The van der Waals surface area contributed by atoms with E-state index >= 15 is 0 Å². The molecule has 0 aliphatic carbocycles. The molecule has 2 aliphatic rings. The Kier molecular flexibility index (Phi) is 5.64. The van der Waals surface area contributed by atoms with Crippen LogP contribution in [0, 0.1) is 5.92 Å². The fourth-order valence-electron chi connectivity index (χ4n) is 3.06. The van der Waals surface area contributed by atoms with E-state index in [-0.39, 0.29) is 23.8 Å². The fraction of sp³-hybridized carbons (Fsp3) is 0.526. The van der Waals surface area contributed by atoms with Crippen molar-refractivity contribution in [1.29, 1.82) is 0 Å². The Morgan fingerprint density at radius 1 is 1.26 bits per heavy atom. The Bertz CT molecular complexity index is 752. The molecule has 3 amide bonds. The summed E-state index contributed by atoms with van der Waals surface area (Å²) >= 11 is 1.49. The number of hydrogen-bond donors (Lipinski definition) is 2. The van der Waals surface area contributed by atoms with Crippen molar-refractivity contribution in [2.45, 2.75) is 44.1 Å². The monoisotopic (exact) mass is 391 g/mol. The predicted octanol–water partition coefficient (Wildman–Crippen LogP) is 3.32.